The Morgan fingerprint density at radius 1 is 1.25 bits per heavy atom. The van der Waals surface area contributed by atoms with E-state index in [9.17, 15) is 8.42 Å². The molecule has 0 bridgehead atoms. The van der Waals surface area contributed by atoms with Gasteiger partial charge in [0.25, 0.3) is 0 Å². The van der Waals surface area contributed by atoms with Gasteiger partial charge in [0.15, 0.2) is 0 Å². The third-order valence-electron chi connectivity index (χ3n) is 2.74. The highest BCUT2D eigenvalue weighted by Gasteiger charge is 2.24. The van der Waals surface area contributed by atoms with Gasteiger partial charge in [-0.2, -0.15) is 4.31 Å². The van der Waals surface area contributed by atoms with Crippen LogP contribution in [0.25, 0.3) is 0 Å². The molecule has 0 atom stereocenters. The first-order valence-corrected chi connectivity index (χ1v) is 7.72. The summed E-state index contributed by atoms with van der Waals surface area (Å²) in [6.45, 7) is 2.03. The predicted octanol–water partition coefficient (Wildman–Crippen LogP) is 2.26. The number of aromatic nitrogens is 2. The Bertz CT molecular complexity index is 719. The Morgan fingerprint density at radius 3 is 2.65 bits per heavy atom. The van der Waals surface area contributed by atoms with Crippen LogP contribution < -0.4 is 0 Å². The minimum atomic E-state index is -3.68. The van der Waals surface area contributed by atoms with E-state index in [1.165, 1.54) is 29.7 Å². The number of hydrogen-bond donors (Lipinski definition) is 0. The number of rotatable bonds is 4. The molecule has 5 nitrogen and oxygen atoms in total. The van der Waals surface area contributed by atoms with E-state index >= 15 is 0 Å². The molecule has 106 valence electrons. The minimum Gasteiger partial charge on any atom is -0.257 e. The van der Waals surface area contributed by atoms with Crippen LogP contribution in [0, 0.1) is 6.92 Å². The van der Waals surface area contributed by atoms with Gasteiger partial charge in [0.05, 0.1) is 12.2 Å². The molecule has 0 amide bonds. The van der Waals surface area contributed by atoms with Gasteiger partial charge in [-0.05, 0) is 31.2 Å². The molecule has 0 aliphatic heterocycles. The molecule has 2 heterocycles. The zero-order valence-corrected chi connectivity index (χ0v) is 12.7. The molecule has 7 heteroatoms. The molecular weight excluding hydrogens is 298 g/mol. The van der Waals surface area contributed by atoms with Gasteiger partial charge in [-0.15, -0.1) is 0 Å². The first kappa shape index (κ1) is 14.9. The molecule has 0 spiro atoms. The van der Waals surface area contributed by atoms with Crippen molar-refractivity contribution >= 4 is 21.6 Å². The van der Waals surface area contributed by atoms with Crippen LogP contribution in [0.4, 0.5) is 0 Å². The second kappa shape index (κ2) is 5.87. The summed E-state index contributed by atoms with van der Waals surface area (Å²) >= 11 is 5.85. The summed E-state index contributed by atoms with van der Waals surface area (Å²) in [4.78, 5) is 8.08. The molecule has 20 heavy (non-hydrogen) atoms. The highest BCUT2D eigenvalue weighted by molar-refractivity contribution is 7.89. The maximum atomic E-state index is 12.4. The maximum absolute atomic E-state index is 12.4. The lowest BCUT2D eigenvalue weighted by Gasteiger charge is -2.17. The highest BCUT2D eigenvalue weighted by atomic mass is 35.5. The summed E-state index contributed by atoms with van der Waals surface area (Å²) in [6.07, 6.45) is 1.45. The topological polar surface area (TPSA) is 63.2 Å². The molecule has 0 aromatic carbocycles. The van der Waals surface area contributed by atoms with E-state index in [4.69, 9.17) is 11.6 Å². The normalized spacial score (nSPS) is 11.8. The minimum absolute atomic E-state index is 0.00294. The van der Waals surface area contributed by atoms with E-state index in [-0.39, 0.29) is 16.6 Å². The van der Waals surface area contributed by atoms with Crippen LogP contribution in [-0.4, -0.2) is 29.7 Å². The third kappa shape index (κ3) is 3.15. The lowest BCUT2D eigenvalue weighted by molar-refractivity contribution is 0.461. The average Bonchev–Trinajstić information content (AvgIpc) is 2.39. The van der Waals surface area contributed by atoms with Gasteiger partial charge in [0, 0.05) is 18.9 Å². The standard InChI is InChI=1S/C13H14ClN3O2S/c1-10-5-3-6-11(16-10)9-17(2)20(18,19)12-7-4-8-15-13(12)14/h3-8H,9H2,1-2H3. The molecule has 0 aliphatic rings. The van der Waals surface area contributed by atoms with Crippen LogP contribution >= 0.6 is 11.6 Å². The van der Waals surface area contributed by atoms with Crippen molar-refractivity contribution in [1.29, 1.82) is 0 Å². The molecule has 0 fully saturated rings. The van der Waals surface area contributed by atoms with Crippen LogP contribution in [0.3, 0.4) is 0 Å². The van der Waals surface area contributed by atoms with Gasteiger partial charge in [-0.25, -0.2) is 13.4 Å². The largest absolute Gasteiger partial charge is 0.257 e. The molecule has 0 aliphatic carbocycles. The van der Waals surface area contributed by atoms with Crippen LogP contribution in [0.15, 0.2) is 41.4 Å². The molecule has 0 N–H and O–H groups in total. The SMILES string of the molecule is Cc1cccc(CN(C)S(=O)(=O)c2cccnc2Cl)n1. The number of aryl methyl sites for hydroxylation is 1. The summed E-state index contributed by atoms with van der Waals surface area (Å²) < 4.78 is 26.0. The lowest BCUT2D eigenvalue weighted by Crippen LogP contribution is -2.27. The quantitative estimate of drug-likeness (QED) is 0.813. The number of hydrogen-bond acceptors (Lipinski definition) is 4. The molecule has 0 unspecified atom stereocenters. The Morgan fingerprint density at radius 2 is 2.00 bits per heavy atom. The number of nitrogens with zero attached hydrogens (tertiary/aromatic N) is 3. The van der Waals surface area contributed by atoms with E-state index in [0.717, 1.165) is 5.69 Å². The van der Waals surface area contributed by atoms with Crippen molar-refractivity contribution in [2.75, 3.05) is 7.05 Å². The van der Waals surface area contributed by atoms with Crippen molar-refractivity contribution < 1.29 is 8.42 Å². The Kier molecular flexibility index (Phi) is 4.37. The van der Waals surface area contributed by atoms with Crippen LogP contribution in [0.5, 0.6) is 0 Å². The molecule has 2 rings (SSSR count). The van der Waals surface area contributed by atoms with Crippen molar-refractivity contribution in [3.05, 3.63) is 53.1 Å². The van der Waals surface area contributed by atoms with E-state index in [1.807, 2.05) is 19.1 Å². The van der Waals surface area contributed by atoms with Gasteiger partial charge >= 0.3 is 0 Å². The summed E-state index contributed by atoms with van der Waals surface area (Å²) in [5, 5.41) is -0.0310. The molecule has 0 radical (unpaired) electrons. The van der Waals surface area contributed by atoms with Crippen molar-refractivity contribution in [2.24, 2.45) is 0 Å². The van der Waals surface area contributed by atoms with Crippen molar-refractivity contribution in [2.45, 2.75) is 18.4 Å². The summed E-state index contributed by atoms with van der Waals surface area (Å²) in [7, 11) is -2.19. The van der Waals surface area contributed by atoms with Gasteiger partial charge in [-0.3, -0.25) is 4.98 Å². The van der Waals surface area contributed by atoms with Crippen LogP contribution in [0.2, 0.25) is 5.15 Å². The zero-order chi connectivity index (χ0) is 14.8. The first-order chi connectivity index (χ1) is 9.41. The van der Waals surface area contributed by atoms with E-state index in [1.54, 1.807) is 6.07 Å². The van der Waals surface area contributed by atoms with Crippen molar-refractivity contribution in [3.8, 4) is 0 Å². The average molecular weight is 312 g/mol. The fourth-order valence-corrected chi connectivity index (χ4v) is 3.30. The van der Waals surface area contributed by atoms with E-state index in [2.05, 4.69) is 9.97 Å². The van der Waals surface area contributed by atoms with E-state index < -0.39 is 10.0 Å². The Hall–Kier alpha value is -1.50. The van der Waals surface area contributed by atoms with Crippen molar-refractivity contribution in [1.82, 2.24) is 14.3 Å². The first-order valence-electron chi connectivity index (χ1n) is 5.90. The molecule has 2 aromatic heterocycles. The Balaban J connectivity index is 2.29. The second-order valence-corrected chi connectivity index (χ2v) is 6.70. The number of halogens is 1. The summed E-state index contributed by atoms with van der Waals surface area (Å²) in [5.41, 5.74) is 1.52. The number of pyridine rings is 2. The fourth-order valence-electron chi connectivity index (χ4n) is 1.73. The van der Waals surface area contributed by atoms with Crippen molar-refractivity contribution in [3.63, 3.8) is 0 Å². The van der Waals surface area contributed by atoms with Gasteiger partial charge in [0.2, 0.25) is 10.0 Å². The van der Waals surface area contributed by atoms with E-state index in [0.29, 0.717) is 5.69 Å². The predicted molar refractivity (Wildman–Crippen MR) is 76.9 cm³/mol. The lowest BCUT2D eigenvalue weighted by atomic mass is 10.3. The molecule has 2 aromatic rings. The molecular formula is C13H14ClN3O2S. The monoisotopic (exact) mass is 311 g/mol. The van der Waals surface area contributed by atoms with Gasteiger partial charge < -0.3 is 0 Å². The second-order valence-electron chi connectivity index (χ2n) is 4.32. The third-order valence-corrected chi connectivity index (χ3v) is 4.99. The van der Waals surface area contributed by atoms with Gasteiger partial charge in [-0.1, -0.05) is 17.7 Å². The van der Waals surface area contributed by atoms with Crippen LogP contribution in [-0.2, 0) is 16.6 Å². The fraction of sp³-hybridized carbons (Fsp3) is 0.231. The molecule has 0 saturated heterocycles. The summed E-state index contributed by atoms with van der Waals surface area (Å²) in [6, 6.07) is 8.46. The van der Waals surface area contributed by atoms with Crippen LogP contribution in [0.1, 0.15) is 11.4 Å². The zero-order valence-electron chi connectivity index (χ0n) is 11.1. The molecule has 0 saturated carbocycles. The number of sulfonamides is 1. The Labute approximate surface area is 123 Å². The highest BCUT2D eigenvalue weighted by Crippen LogP contribution is 2.22. The smallest absolute Gasteiger partial charge is 0.246 e. The summed E-state index contributed by atoms with van der Waals surface area (Å²) in [5.74, 6) is 0. The van der Waals surface area contributed by atoms with Gasteiger partial charge in [0.1, 0.15) is 10.0 Å². The maximum Gasteiger partial charge on any atom is 0.246 e.